The number of amides is 2. The minimum atomic E-state index is -2.80. The van der Waals surface area contributed by atoms with Crippen LogP contribution in [0.1, 0.15) is 91.1 Å². The maximum Gasteiger partial charge on any atom is 0.280 e. The van der Waals surface area contributed by atoms with Gasteiger partial charge < -0.3 is 20.6 Å². The molecule has 194 valence electrons. The lowest BCUT2D eigenvalue weighted by atomic mass is 9.78. The first-order valence-electron chi connectivity index (χ1n) is 12.5. The van der Waals surface area contributed by atoms with E-state index in [4.69, 9.17) is 0 Å². The molecule has 3 heterocycles. The molecular formula is C25H31F2N5O3S. The number of aliphatic hydroxyl groups excluding tert-OH is 1. The summed E-state index contributed by atoms with van der Waals surface area (Å²) in [4.78, 5) is 37.0. The summed E-state index contributed by atoms with van der Waals surface area (Å²) in [5, 5.41) is 15.6. The highest BCUT2D eigenvalue weighted by Gasteiger charge is 2.35. The number of hydrogen-bond donors (Lipinski definition) is 3. The van der Waals surface area contributed by atoms with E-state index in [1.807, 2.05) is 13.8 Å². The van der Waals surface area contributed by atoms with E-state index in [9.17, 15) is 23.5 Å². The molecule has 1 atom stereocenters. The van der Waals surface area contributed by atoms with Crippen LogP contribution in [0.15, 0.2) is 12.3 Å². The van der Waals surface area contributed by atoms with Crippen LogP contribution in [0.2, 0.25) is 0 Å². The molecule has 0 bridgehead atoms. The maximum atomic E-state index is 14.3. The van der Waals surface area contributed by atoms with Gasteiger partial charge in [0.25, 0.3) is 18.2 Å². The molecule has 8 nitrogen and oxygen atoms in total. The van der Waals surface area contributed by atoms with E-state index in [0.717, 1.165) is 43.4 Å². The van der Waals surface area contributed by atoms with Gasteiger partial charge in [0, 0.05) is 41.5 Å². The van der Waals surface area contributed by atoms with Crippen LogP contribution in [0, 0.1) is 0 Å². The van der Waals surface area contributed by atoms with Crippen molar-refractivity contribution in [3.8, 4) is 10.4 Å². The third kappa shape index (κ3) is 4.82. The number of rotatable bonds is 7. The van der Waals surface area contributed by atoms with Crippen LogP contribution in [0.25, 0.3) is 10.4 Å². The Morgan fingerprint density at radius 1 is 1.28 bits per heavy atom. The van der Waals surface area contributed by atoms with Crippen LogP contribution in [0.4, 0.5) is 14.6 Å². The van der Waals surface area contributed by atoms with Gasteiger partial charge in [0.05, 0.1) is 11.0 Å². The molecule has 11 heteroatoms. The second-order valence-electron chi connectivity index (χ2n) is 10.5. The molecule has 1 unspecified atom stereocenters. The lowest BCUT2D eigenvalue weighted by molar-refractivity contribution is 0.0562. The molecule has 3 N–H and O–H groups in total. The van der Waals surface area contributed by atoms with Crippen LogP contribution < -0.4 is 10.6 Å². The van der Waals surface area contributed by atoms with Gasteiger partial charge in [-0.1, -0.05) is 0 Å². The molecule has 1 aliphatic heterocycles. The molecule has 5 rings (SSSR count). The number of halogens is 2. The van der Waals surface area contributed by atoms with E-state index < -0.39 is 18.4 Å². The predicted octanol–water partition coefficient (Wildman–Crippen LogP) is 4.37. The number of aromatic nitrogens is 2. The number of nitrogens with zero attached hydrogens (tertiary/aromatic N) is 3. The zero-order valence-electron chi connectivity index (χ0n) is 20.4. The zero-order chi connectivity index (χ0) is 25.6. The van der Waals surface area contributed by atoms with Crippen molar-refractivity contribution in [1.82, 2.24) is 20.2 Å². The third-order valence-electron chi connectivity index (χ3n) is 7.59. The molecule has 2 amide bonds. The molecule has 0 aromatic carbocycles. The quantitative estimate of drug-likeness (QED) is 0.501. The zero-order valence-corrected chi connectivity index (χ0v) is 21.2. The Bertz CT molecular complexity index is 1160. The first-order chi connectivity index (χ1) is 17.1. The fourth-order valence-corrected chi connectivity index (χ4v) is 6.11. The first kappa shape index (κ1) is 25.0. The molecular weight excluding hydrogens is 488 g/mol. The first-order valence-corrected chi connectivity index (χ1v) is 13.3. The number of alkyl halides is 2. The lowest BCUT2D eigenvalue weighted by Gasteiger charge is -2.39. The van der Waals surface area contributed by atoms with Crippen LogP contribution >= 0.6 is 11.3 Å². The topological polar surface area (TPSA) is 107 Å². The second kappa shape index (κ2) is 9.66. The van der Waals surface area contributed by atoms with E-state index in [0.29, 0.717) is 25.2 Å². The van der Waals surface area contributed by atoms with Crippen LogP contribution in [0.5, 0.6) is 0 Å². The second-order valence-corrected chi connectivity index (χ2v) is 11.5. The number of nitrogens with one attached hydrogen (secondary N) is 2. The molecule has 36 heavy (non-hydrogen) atoms. The normalized spacial score (nSPS) is 24.8. The summed E-state index contributed by atoms with van der Waals surface area (Å²) < 4.78 is 28.6. The van der Waals surface area contributed by atoms with Gasteiger partial charge in [0.1, 0.15) is 11.5 Å². The maximum absolute atomic E-state index is 14.3. The van der Waals surface area contributed by atoms with E-state index in [1.54, 1.807) is 4.90 Å². The van der Waals surface area contributed by atoms with Crippen molar-refractivity contribution in [3.63, 3.8) is 0 Å². The van der Waals surface area contributed by atoms with E-state index in [2.05, 4.69) is 20.6 Å². The summed E-state index contributed by atoms with van der Waals surface area (Å²) in [6, 6.07) is 1.17. The van der Waals surface area contributed by atoms with E-state index in [1.165, 1.54) is 12.3 Å². The number of pyridine rings is 1. The summed E-state index contributed by atoms with van der Waals surface area (Å²) in [5.74, 6) is -0.480. The van der Waals surface area contributed by atoms with Crippen LogP contribution in [-0.4, -0.2) is 62.1 Å². The van der Waals surface area contributed by atoms with Gasteiger partial charge in [0.2, 0.25) is 0 Å². The Balaban J connectivity index is 1.52. The average Bonchev–Trinajstić information content (AvgIpc) is 3.43. The predicted molar refractivity (Wildman–Crippen MR) is 132 cm³/mol. The summed E-state index contributed by atoms with van der Waals surface area (Å²) in [6.07, 6.45) is 3.69. The van der Waals surface area contributed by atoms with Gasteiger partial charge in [-0.25, -0.2) is 18.7 Å². The fraction of sp³-hybridized carbons (Fsp3) is 0.600. The van der Waals surface area contributed by atoms with Crippen LogP contribution in [0.3, 0.4) is 0 Å². The van der Waals surface area contributed by atoms with E-state index >= 15 is 0 Å². The molecule has 2 aliphatic carbocycles. The van der Waals surface area contributed by atoms with Crippen molar-refractivity contribution in [2.45, 2.75) is 88.9 Å². The van der Waals surface area contributed by atoms with Gasteiger partial charge in [-0.05, 0) is 64.9 Å². The van der Waals surface area contributed by atoms with Crippen molar-refractivity contribution in [1.29, 1.82) is 0 Å². The lowest BCUT2D eigenvalue weighted by Crippen LogP contribution is -2.46. The van der Waals surface area contributed by atoms with Gasteiger partial charge in [-0.2, -0.15) is 0 Å². The monoisotopic (exact) mass is 519 g/mol. The molecule has 2 aromatic heterocycles. The Morgan fingerprint density at radius 3 is 2.61 bits per heavy atom. The largest absolute Gasteiger partial charge is 0.393 e. The molecule has 3 aliphatic rings. The molecule has 2 saturated carbocycles. The van der Waals surface area contributed by atoms with E-state index in [-0.39, 0.29) is 50.2 Å². The van der Waals surface area contributed by atoms with Gasteiger partial charge in [0.15, 0.2) is 5.01 Å². The number of thiazole rings is 1. The Kier molecular flexibility index (Phi) is 6.71. The number of carbonyl (C=O) groups is 2. The Labute approximate surface area is 212 Å². The van der Waals surface area contributed by atoms with Crippen molar-refractivity contribution in [2.75, 3.05) is 11.9 Å². The highest BCUT2D eigenvalue weighted by molar-refractivity contribution is 7.17. The van der Waals surface area contributed by atoms with Gasteiger partial charge >= 0.3 is 0 Å². The number of aliphatic hydroxyl groups is 1. The molecule has 1 saturated heterocycles. The highest BCUT2D eigenvalue weighted by atomic mass is 32.1. The van der Waals surface area contributed by atoms with Crippen molar-refractivity contribution in [2.24, 2.45) is 0 Å². The number of hydrogen-bond acceptors (Lipinski definition) is 7. The standard InChI is InChI=1S/C25H31F2N5O3S/c1-13-5-3-8-32(13)24(35)19-20(36-23(30-19)22(34)29-14-9-15(33)10-14)17-12-28-18(11-16(17)21(26)27)31-25(2)6-4-7-25/h11-15,21,33H,3-10H2,1-2H3,(H,28,31)(H,29,34). The minimum absolute atomic E-state index is 0.00269. The minimum Gasteiger partial charge on any atom is -0.393 e. The summed E-state index contributed by atoms with van der Waals surface area (Å²) >= 11 is 0.926. The fourth-order valence-electron chi connectivity index (χ4n) is 5.12. The van der Waals surface area contributed by atoms with Gasteiger partial charge in [-0.15, -0.1) is 11.3 Å². The van der Waals surface area contributed by atoms with Crippen molar-refractivity contribution >= 4 is 29.0 Å². The van der Waals surface area contributed by atoms with Crippen molar-refractivity contribution < 1.29 is 23.5 Å². The smallest absolute Gasteiger partial charge is 0.280 e. The molecule has 0 radical (unpaired) electrons. The van der Waals surface area contributed by atoms with Crippen molar-refractivity contribution in [3.05, 3.63) is 28.5 Å². The molecule has 0 spiro atoms. The Hall–Kier alpha value is -2.66. The summed E-state index contributed by atoms with van der Waals surface area (Å²) in [6.45, 7) is 4.54. The summed E-state index contributed by atoms with van der Waals surface area (Å²) in [5.41, 5.74) is -0.300. The molecule has 3 fully saturated rings. The Morgan fingerprint density at radius 2 is 2.03 bits per heavy atom. The molecule has 2 aromatic rings. The SMILES string of the molecule is CC1CCCN1C(=O)c1nc(C(=O)NC2CC(O)C2)sc1-c1cnc(NC2(C)CCC2)cc1C(F)F. The summed E-state index contributed by atoms with van der Waals surface area (Å²) in [7, 11) is 0. The third-order valence-corrected chi connectivity index (χ3v) is 8.68. The highest BCUT2D eigenvalue weighted by Crippen LogP contribution is 2.40. The number of likely N-dealkylation sites (tertiary alicyclic amines) is 1. The number of carbonyl (C=O) groups excluding carboxylic acids is 2. The van der Waals surface area contributed by atoms with Gasteiger partial charge in [-0.3, -0.25) is 9.59 Å². The number of anilines is 1. The average molecular weight is 520 g/mol. The van der Waals surface area contributed by atoms with Crippen LogP contribution in [-0.2, 0) is 0 Å².